The third-order valence-corrected chi connectivity index (χ3v) is 5.41. The first-order valence-corrected chi connectivity index (χ1v) is 8.12. The van der Waals surface area contributed by atoms with Crippen LogP contribution >= 0.6 is 0 Å². The Morgan fingerprint density at radius 2 is 2.00 bits per heavy atom. The van der Waals surface area contributed by atoms with Crippen molar-refractivity contribution >= 4 is 10.0 Å². The maximum absolute atomic E-state index is 13.6. The van der Waals surface area contributed by atoms with Crippen LogP contribution in [0.1, 0.15) is 18.9 Å². The van der Waals surface area contributed by atoms with Crippen LogP contribution < -0.4 is 4.72 Å². The van der Waals surface area contributed by atoms with Gasteiger partial charge in [0.25, 0.3) is 0 Å². The van der Waals surface area contributed by atoms with Crippen molar-refractivity contribution in [2.75, 3.05) is 19.6 Å². The van der Waals surface area contributed by atoms with Crippen molar-refractivity contribution in [2.24, 2.45) is 0 Å². The van der Waals surface area contributed by atoms with Gasteiger partial charge in [-0.15, -0.1) is 0 Å². The van der Waals surface area contributed by atoms with Gasteiger partial charge in [-0.3, -0.25) is 4.90 Å². The Morgan fingerprint density at radius 1 is 1.35 bits per heavy atom. The molecule has 1 aromatic rings. The smallest absolute Gasteiger partial charge is 0.215 e. The number of nitrogens with one attached hydrogen (secondary N) is 1. The second-order valence-corrected chi connectivity index (χ2v) is 6.93. The molecule has 0 aliphatic carbocycles. The summed E-state index contributed by atoms with van der Waals surface area (Å²) >= 11 is 0. The highest BCUT2D eigenvalue weighted by Crippen LogP contribution is 2.21. The number of hydrogen-bond donors (Lipinski definition) is 1. The van der Waals surface area contributed by atoms with Gasteiger partial charge in [0, 0.05) is 25.2 Å². The summed E-state index contributed by atoms with van der Waals surface area (Å²) < 4.78 is 53.3. The Kier molecular flexibility index (Phi) is 4.72. The number of likely N-dealkylation sites (tertiary alicyclic amines) is 1. The average Bonchev–Trinajstić information content (AvgIpc) is 2.83. The molecule has 1 atom stereocenters. The molecule has 7 heteroatoms. The molecule has 20 heavy (non-hydrogen) atoms. The molecule has 0 spiro atoms. The van der Waals surface area contributed by atoms with Gasteiger partial charge in [-0.05, 0) is 25.1 Å². The van der Waals surface area contributed by atoms with Crippen LogP contribution in [0.3, 0.4) is 0 Å². The van der Waals surface area contributed by atoms with Crippen LogP contribution in [-0.2, 0) is 16.6 Å². The normalized spacial score (nSPS) is 20.4. The van der Waals surface area contributed by atoms with Gasteiger partial charge in [0.05, 0.1) is 5.25 Å². The number of nitrogens with zero attached hydrogens (tertiary/aromatic N) is 1. The van der Waals surface area contributed by atoms with Gasteiger partial charge < -0.3 is 0 Å². The highest BCUT2D eigenvalue weighted by atomic mass is 32.2. The van der Waals surface area contributed by atoms with E-state index in [-0.39, 0.29) is 12.1 Å². The zero-order valence-electron chi connectivity index (χ0n) is 11.3. The zero-order chi connectivity index (χ0) is 14.8. The minimum Gasteiger partial charge on any atom is -0.297 e. The topological polar surface area (TPSA) is 49.4 Å². The molecule has 112 valence electrons. The Labute approximate surface area is 117 Å². The van der Waals surface area contributed by atoms with Crippen molar-refractivity contribution < 1.29 is 17.2 Å². The highest BCUT2D eigenvalue weighted by molar-refractivity contribution is 7.90. The average molecular weight is 304 g/mol. The molecule has 0 saturated carbocycles. The van der Waals surface area contributed by atoms with Crippen molar-refractivity contribution in [3.05, 3.63) is 35.4 Å². The van der Waals surface area contributed by atoms with E-state index < -0.39 is 26.9 Å². The van der Waals surface area contributed by atoms with Gasteiger partial charge in [-0.2, -0.15) is 0 Å². The van der Waals surface area contributed by atoms with Crippen LogP contribution in [0, 0.1) is 11.6 Å². The van der Waals surface area contributed by atoms with Crippen molar-refractivity contribution in [1.29, 1.82) is 0 Å². The van der Waals surface area contributed by atoms with E-state index in [0.717, 1.165) is 0 Å². The molecular formula is C13H18F2N2O2S. The number of halogens is 2. The van der Waals surface area contributed by atoms with Crippen LogP contribution in [0.2, 0.25) is 0 Å². The third-order valence-electron chi connectivity index (χ3n) is 3.46. The molecule has 0 amide bonds. The molecule has 0 bridgehead atoms. The molecule has 2 rings (SSSR count). The van der Waals surface area contributed by atoms with Gasteiger partial charge in [0.2, 0.25) is 10.0 Å². The fourth-order valence-electron chi connectivity index (χ4n) is 2.42. The standard InChI is InChI=1S/C13H18F2N2O2S/c1-2-16-20(18,19)10-6-7-17(8-10)9-11-12(14)4-3-5-13(11)15/h3-5,10,16H,2,6-9H2,1H3/t10-/m0/s1. The molecule has 1 fully saturated rings. The first-order chi connectivity index (χ1) is 9.44. The van der Waals surface area contributed by atoms with Gasteiger partial charge in [0.15, 0.2) is 0 Å². The summed E-state index contributed by atoms with van der Waals surface area (Å²) in [7, 11) is -3.33. The van der Waals surface area contributed by atoms with E-state index in [9.17, 15) is 17.2 Å². The second kappa shape index (κ2) is 6.15. The highest BCUT2D eigenvalue weighted by Gasteiger charge is 2.33. The summed E-state index contributed by atoms with van der Waals surface area (Å²) in [4.78, 5) is 1.76. The van der Waals surface area contributed by atoms with Crippen molar-refractivity contribution in [3.63, 3.8) is 0 Å². The van der Waals surface area contributed by atoms with E-state index in [1.807, 2.05) is 0 Å². The van der Waals surface area contributed by atoms with E-state index in [1.54, 1.807) is 11.8 Å². The van der Waals surface area contributed by atoms with E-state index in [0.29, 0.717) is 26.1 Å². The summed E-state index contributed by atoms with van der Waals surface area (Å²) in [5.74, 6) is -1.19. The van der Waals surface area contributed by atoms with Gasteiger partial charge in [0.1, 0.15) is 11.6 Å². The molecule has 1 heterocycles. The van der Waals surface area contributed by atoms with Crippen LogP contribution in [0.25, 0.3) is 0 Å². The molecule has 1 aromatic carbocycles. The molecule has 1 saturated heterocycles. The molecule has 1 aliphatic rings. The molecule has 0 aromatic heterocycles. The van der Waals surface area contributed by atoms with Crippen molar-refractivity contribution in [1.82, 2.24) is 9.62 Å². The SMILES string of the molecule is CCNS(=O)(=O)[C@H]1CCN(Cc2c(F)cccc2F)C1. The summed E-state index contributed by atoms with van der Waals surface area (Å²) in [6.45, 7) is 2.97. The summed E-state index contributed by atoms with van der Waals surface area (Å²) in [6.07, 6.45) is 0.478. The lowest BCUT2D eigenvalue weighted by Crippen LogP contribution is -2.36. The Bertz CT molecular complexity index is 557. The van der Waals surface area contributed by atoms with Gasteiger partial charge in [-0.25, -0.2) is 21.9 Å². The fraction of sp³-hybridized carbons (Fsp3) is 0.538. The summed E-state index contributed by atoms with van der Waals surface area (Å²) in [5, 5.41) is -0.516. The van der Waals surface area contributed by atoms with Crippen molar-refractivity contribution in [3.8, 4) is 0 Å². The Hall–Kier alpha value is -1.05. The number of hydrogen-bond acceptors (Lipinski definition) is 3. The first-order valence-electron chi connectivity index (χ1n) is 6.57. The lowest BCUT2D eigenvalue weighted by molar-refractivity contribution is 0.318. The van der Waals surface area contributed by atoms with E-state index in [1.165, 1.54) is 18.2 Å². The Balaban J connectivity index is 2.04. The van der Waals surface area contributed by atoms with Crippen molar-refractivity contribution in [2.45, 2.75) is 25.1 Å². The van der Waals surface area contributed by atoms with Crippen LogP contribution in [0.5, 0.6) is 0 Å². The third kappa shape index (κ3) is 3.34. The molecule has 1 N–H and O–H groups in total. The number of sulfonamides is 1. The maximum Gasteiger partial charge on any atom is 0.215 e. The Morgan fingerprint density at radius 3 is 2.60 bits per heavy atom. The minimum atomic E-state index is -3.33. The van der Waals surface area contributed by atoms with E-state index in [4.69, 9.17) is 0 Å². The van der Waals surface area contributed by atoms with Gasteiger partial charge in [-0.1, -0.05) is 13.0 Å². The predicted molar refractivity (Wildman–Crippen MR) is 72.6 cm³/mol. The summed E-state index contributed by atoms with van der Waals surface area (Å²) in [5.41, 5.74) is -0.00556. The number of rotatable bonds is 5. The first kappa shape index (κ1) is 15.3. The second-order valence-electron chi connectivity index (χ2n) is 4.89. The summed E-state index contributed by atoms with van der Waals surface area (Å²) in [6, 6.07) is 3.74. The zero-order valence-corrected chi connectivity index (χ0v) is 12.1. The molecule has 0 radical (unpaired) electrons. The molecule has 4 nitrogen and oxygen atoms in total. The minimum absolute atomic E-state index is 0.00556. The van der Waals surface area contributed by atoms with E-state index >= 15 is 0 Å². The lowest BCUT2D eigenvalue weighted by Gasteiger charge is -2.17. The van der Waals surface area contributed by atoms with Crippen LogP contribution in [-0.4, -0.2) is 38.2 Å². The monoisotopic (exact) mass is 304 g/mol. The largest absolute Gasteiger partial charge is 0.297 e. The lowest BCUT2D eigenvalue weighted by atomic mass is 10.2. The number of benzene rings is 1. The fourth-order valence-corrected chi connectivity index (χ4v) is 3.88. The molecule has 0 unspecified atom stereocenters. The quantitative estimate of drug-likeness (QED) is 0.896. The maximum atomic E-state index is 13.6. The van der Waals surface area contributed by atoms with Crippen LogP contribution in [0.4, 0.5) is 8.78 Å². The van der Waals surface area contributed by atoms with Gasteiger partial charge >= 0.3 is 0 Å². The molecular weight excluding hydrogens is 286 g/mol. The van der Waals surface area contributed by atoms with Crippen LogP contribution in [0.15, 0.2) is 18.2 Å². The van der Waals surface area contributed by atoms with E-state index in [2.05, 4.69) is 4.72 Å². The predicted octanol–water partition coefficient (Wildman–Crippen LogP) is 1.48. The molecule has 1 aliphatic heterocycles.